The average Bonchev–Trinajstić information content (AvgIpc) is 2.28. The van der Waals surface area contributed by atoms with Gasteiger partial charge < -0.3 is 4.90 Å². The van der Waals surface area contributed by atoms with Crippen LogP contribution in [0.25, 0.3) is 11.4 Å². The molecule has 0 radical (unpaired) electrons. The van der Waals surface area contributed by atoms with E-state index in [1.54, 1.807) is 0 Å². The molecule has 0 saturated heterocycles. The Morgan fingerprint density at radius 1 is 0.941 bits per heavy atom. The number of aromatic nitrogens is 2. The van der Waals surface area contributed by atoms with E-state index in [0.717, 1.165) is 28.5 Å². The molecule has 0 spiro atoms. The minimum absolute atomic E-state index is 0.797. The van der Waals surface area contributed by atoms with E-state index in [1.165, 1.54) is 0 Å². The zero-order valence-corrected chi connectivity index (χ0v) is 10.7. The molecule has 0 atom stereocenters. The molecule has 0 N–H and O–H groups in total. The standard InChI is InChI=1S/C14H17N3/c1-10-8-11(2)16-14(15-10)12-6-5-7-13(9-12)17(3)4/h5-9H,1-4H3. The molecular weight excluding hydrogens is 210 g/mol. The first-order valence-corrected chi connectivity index (χ1v) is 5.66. The molecule has 1 aromatic carbocycles. The lowest BCUT2D eigenvalue weighted by Crippen LogP contribution is -2.08. The lowest BCUT2D eigenvalue weighted by molar-refractivity contribution is 1.06. The zero-order chi connectivity index (χ0) is 12.4. The third-order valence-corrected chi connectivity index (χ3v) is 2.60. The van der Waals surface area contributed by atoms with Gasteiger partial charge in [-0.15, -0.1) is 0 Å². The Labute approximate surface area is 102 Å². The molecule has 0 unspecified atom stereocenters. The third-order valence-electron chi connectivity index (χ3n) is 2.60. The van der Waals surface area contributed by atoms with E-state index in [4.69, 9.17) is 0 Å². The van der Waals surface area contributed by atoms with Crippen molar-refractivity contribution in [1.82, 2.24) is 9.97 Å². The van der Waals surface area contributed by atoms with Crippen molar-refractivity contribution >= 4 is 5.69 Å². The van der Waals surface area contributed by atoms with E-state index in [2.05, 4.69) is 27.0 Å². The first-order valence-electron chi connectivity index (χ1n) is 5.66. The van der Waals surface area contributed by atoms with Crippen LogP contribution in [0, 0.1) is 13.8 Å². The van der Waals surface area contributed by atoms with Crippen LogP contribution in [0.15, 0.2) is 30.3 Å². The topological polar surface area (TPSA) is 29.0 Å². The molecule has 0 saturated carbocycles. The summed E-state index contributed by atoms with van der Waals surface area (Å²) in [7, 11) is 4.06. The molecule has 1 heterocycles. The van der Waals surface area contributed by atoms with Crippen LogP contribution in [-0.2, 0) is 0 Å². The second kappa shape index (κ2) is 4.53. The molecule has 0 bridgehead atoms. The summed E-state index contributed by atoms with van der Waals surface area (Å²) < 4.78 is 0. The fraction of sp³-hybridized carbons (Fsp3) is 0.286. The number of aryl methyl sites for hydroxylation is 2. The van der Waals surface area contributed by atoms with Gasteiger partial charge in [0.05, 0.1) is 0 Å². The fourth-order valence-corrected chi connectivity index (χ4v) is 1.78. The molecule has 88 valence electrons. The molecule has 2 aromatic rings. The van der Waals surface area contributed by atoms with Crippen LogP contribution < -0.4 is 4.90 Å². The van der Waals surface area contributed by atoms with Crippen molar-refractivity contribution in [2.45, 2.75) is 13.8 Å². The normalized spacial score (nSPS) is 10.4. The monoisotopic (exact) mass is 227 g/mol. The second-order valence-electron chi connectivity index (χ2n) is 4.42. The quantitative estimate of drug-likeness (QED) is 0.790. The maximum atomic E-state index is 4.48. The van der Waals surface area contributed by atoms with Gasteiger partial charge in [0.2, 0.25) is 0 Å². The van der Waals surface area contributed by atoms with Gasteiger partial charge in [0, 0.05) is 36.7 Å². The first kappa shape index (κ1) is 11.6. The van der Waals surface area contributed by atoms with Crippen LogP contribution in [0.2, 0.25) is 0 Å². The number of benzene rings is 1. The van der Waals surface area contributed by atoms with Crippen LogP contribution in [-0.4, -0.2) is 24.1 Å². The van der Waals surface area contributed by atoms with Gasteiger partial charge >= 0.3 is 0 Å². The summed E-state index contributed by atoms with van der Waals surface area (Å²) in [5.74, 6) is 0.797. The van der Waals surface area contributed by atoms with E-state index in [0.29, 0.717) is 0 Å². The van der Waals surface area contributed by atoms with Gasteiger partial charge in [0.1, 0.15) is 0 Å². The van der Waals surface area contributed by atoms with Crippen LogP contribution >= 0.6 is 0 Å². The molecule has 3 nitrogen and oxygen atoms in total. The Morgan fingerprint density at radius 3 is 2.18 bits per heavy atom. The van der Waals surface area contributed by atoms with E-state index < -0.39 is 0 Å². The highest BCUT2D eigenvalue weighted by molar-refractivity contribution is 5.63. The summed E-state index contributed by atoms with van der Waals surface area (Å²) in [5, 5.41) is 0. The number of nitrogens with zero attached hydrogens (tertiary/aromatic N) is 3. The van der Waals surface area contributed by atoms with E-state index in [1.807, 2.05) is 46.1 Å². The minimum Gasteiger partial charge on any atom is -0.378 e. The molecule has 3 heteroatoms. The van der Waals surface area contributed by atoms with Gasteiger partial charge in [0.15, 0.2) is 5.82 Å². The summed E-state index contributed by atoms with van der Waals surface area (Å²) >= 11 is 0. The lowest BCUT2D eigenvalue weighted by atomic mass is 10.1. The first-order chi connectivity index (χ1) is 8.06. The van der Waals surface area contributed by atoms with E-state index >= 15 is 0 Å². The van der Waals surface area contributed by atoms with Crippen LogP contribution in [0.5, 0.6) is 0 Å². The van der Waals surface area contributed by atoms with Crippen molar-refractivity contribution in [3.8, 4) is 11.4 Å². The molecule has 0 amide bonds. The number of anilines is 1. The van der Waals surface area contributed by atoms with Crippen molar-refractivity contribution in [3.63, 3.8) is 0 Å². The highest BCUT2D eigenvalue weighted by atomic mass is 15.1. The van der Waals surface area contributed by atoms with Crippen molar-refractivity contribution in [1.29, 1.82) is 0 Å². The predicted molar refractivity (Wildman–Crippen MR) is 71.3 cm³/mol. The Balaban J connectivity index is 2.49. The maximum Gasteiger partial charge on any atom is 0.159 e. The molecule has 1 aromatic heterocycles. The van der Waals surface area contributed by atoms with Crippen LogP contribution in [0.1, 0.15) is 11.4 Å². The summed E-state index contributed by atoms with van der Waals surface area (Å²) in [4.78, 5) is 11.0. The van der Waals surface area contributed by atoms with Gasteiger partial charge in [-0.05, 0) is 32.0 Å². The average molecular weight is 227 g/mol. The molecule has 17 heavy (non-hydrogen) atoms. The van der Waals surface area contributed by atoms with E-state index in [9.17, 15) is 0 Å². The summed E-state index contributed by atoms with van der Waals surface area (Å²) in [5.41, 5.74) is 4.22. The molecule has 0 aliphatic heterocycles. The predicted octanol–water partition coefficient (Wildman–Crippen LogP) is 2.83. The lowest BCUT2D eigenvalue weighted by Gasteiger charge is -2.13. The van der Waals surface area contributed by atoms with E-state index in [-0.39, 0.29) is 0 Å². The zero-order valence-electron chi connectivity index (χ0n) is 10.7. The van der Waals surface area contributed by atoms with Crippen molar-refractivity contribution in [2.24, 2.45) is 0 Å². The van der Waals surface area contributed by atoms with Gasteiger partial charge in [-0.2, -0.15) is 0 Å². The fourth-order valence-electron chi connectivity index (χ4n) is 1.78. The SMILES string of the molecule is Cc1cc(C)nc(-c2cccc(N(C)C)c2)n1. The highest BCUT2D eigenvalue weighted by Gasteiger charge is 2.04. The Hall–Kier alpha value is -1.90. The van der Waals surface area contributed by atoms with Gasteiger partial charge in [-0.3, -0.25) is 0 Å². The summed E-state index contributed by atoms with van der Waals surface area (Å²) in [6.45, 7) is 3.99. The molecule has 0 fully saturated rings. The molecular formula is C14H17N3. The summed E-state index contributed by atoms with van der Waals surface area (Å²) in [6.07, 6.45) is 0. The van der Waals surface area contributed by atoms with Gasteiger partial charge in [-0.25, -0.2) is 9.97 Å². The number of hydrogen-bond acceptors (Lipinski definition) is 3. The summed E-state index contributed by atoms with van der Waals surface area (Å²) in [6, 6.07) is 10.2. The highest BCUT2D eigenvalue weighted by Crippen LogP contribution is 2.21. The van der Waals surface area contributed by atoms with Gasteiger partial charge in [0.25, 0.3) is 0 Å². The Morgan fingerprint density at radius 2 is 1.59 bits per heavy atom. The molecule has 2 rings (SSSR count). The molecule has 0 aliphatic carbocycles. The smallest absolute Gasteiger partial charge is 0.159 e. The number of rotatable bonds is 2. The maximum absolute atomic E-state index is 4.48. The van der Waals surface area contributed by atoms with Crippen molar-refractivity contribution in [3.05, 3.63) is 41.7 Å². The van der Waals surface area contributed by atoms with Gasteiger partial charge in [-0.1, -0.05) is 12.1 Å². The third kappa shape index (κ3) is 2.61. The minimum atomic E-state index is 0.797. The molecule has 0 aliphatic rings. The largest absolute Gasteiger partial charge is 0.378 e. The van der Waals surface area contributed by atoms with Crippen LogP contribution in [0.4, 0.5) is 5.69 Å². The van der Waals surface area contributed by atoms with Crippen molar-refractivity contribution < 1.29 is 0 Å². The van der Waals surface area contributed by atoms with Crippen LogP contribution in [0.3, 0.4) is 0 Å². The number of hydrogen-bond donors (Lipinski definition) is 0. The second-order valence-corrected chi connectivity index (χ2v) is 4.42. The van der Waals surface area contributed by atoms with Crippen molar-refractivity contribution in [2.75, 3.05) is 19.0 Å². The Kier molecular flexibility index (Phi) is 3.09. The Bertz CT molecular complexity index is 512.